The number of nitrogens with one attached hydrogen (secondary N) is 2. The molecule has 0 radical (unpaired) electrons. The summed E-state index contributed by atoms with van der Waals surface area (Å²) in [7, 11) is -3.59. The minimum atomic E-state index is -3.59. The summed E-state index contributed by atoms with van der Waals surface area (Å²) in [4.78, 5) is 13.0. The molecule has 0 saturated heterocycles. The standard InChI is InChI=1S/C8H12N2O3S2/c1-5(2)4-9-15(12,13)7-6(3)10-8(11)14-7/h9H,1,4H2,2-3H3,(H,10,11). The van der Waals surface area contributed by atoms with Crippen LogP contribution in [0.4, 0.5) is 0 Å². The molecule has 1 aromatic heterocycles. The Morgan fingerprint density at radius 3 is 2.60 bits per heavy atom. The van der Waals surface area contributed by atoms with Crippen molar-refractivity contribution in [2.45, 2.75) is 18.1 Å². The average molecular weight is 248 g/mol. The lowest BCUT2D eigenvalue weighted by atomic mass is 10.4. The first-order chi connectivity index (χ1) is 6.83. The van der Waals surface area contributed by atoms with Gasteiger partial charge < -0.3 is 4.98 Å². The topological polar surface area (TPSA) is 79.0 Å². The van der Waals surface area contributed by atoms with E-state index in [9.17, 15) is 13.2 Å². The zero-order chi connectivity index (χ0) is 11.6. The van der Waals surface area contributed by atoms with Gasteiger partial charge in [-0.15, -0.1) is 0 Å². The minimum absolute atomic E-state index is 0.0359. The first-order valence-electron chi connectivity index (χ1n) is 4.16. The smallest absolute Gasteiger partial charge is 0.305 e. The second kappa shape index (κ2) is 4.30. The van der Waals surface area contributed by atoms with Crippen molar-refractivity contribution in [3.63, 3.8) is 0 Å². The third-order valence-corrected chi connectivity index (χ3v) is 4.60. The molecule has 84 valence electrons. The van der Waals surface area contributed by atoms with Crippen LogP contribution in [0.2, 0.25) is 0 Å². The number of rotatable bonds is 4. The SMILES string of the molecule is C=C(C)CNS(=O)(=O)c1sc(=O)[nH]c1C. The molecule has 7 heteroatoms. The van der Waals surface area contributed by atoms with Gasteiger partial charge in [-0.2, -0.15) is 0 Å². The van der Waals surface area contributed by atoms with Gasteiger partial charge in [0.25, 0.3) is 10.0 Å². The van der Waals surface area contributed by atoms with Crippen LogP contribution in [0.25, 0.3) is 0 Å². The first-order valence-corrected chi connectivity index (χ1v) is 6.46. The van der Waals surface area contributed by atoms with Gasteiger partial charge in [-0.05, 0) is 13.8 Å². The van der Waals surface area contributed by atoms with Crippen LogP contribution in [0.3, 0.4) is 0 Å². The fourth-order valence-corrected chi connectivity index (χ4v) is 3.37. The van der Waals surface area contributed by atoms with Gasteiger partial charge in [0, 0.05) is 12.2 Å². The fourth-order valence-electron chi connectivity index (χ4n) is 0.931. The zero-order valence-corrected chi connectivity index (χ0v) is 10.1. The van der Waals surface area contributed by atoms with E-state index in [1.54, 1.807) is 13.8 Å². The highest BCUT2D eigenvalue weighted by Crippen LogP contribution is 2.15. The number of aryl methyl sites for hydroxylation is 1. The normalized spacial score (nSPS) is 11.6. The highest BCUT2D eigenvalue weighted by atomic mass is 32.2. The maximum Gasteiger partial charge on any atom is 0.305 e. The van der Waals surface area contributed by atoms with E-state index >= 15 is 0 Å². The Balaban J connectivity index is 3.01. The van der Waals surface area contributed by atoms with Crippen molar-refractivity contribution < 1.29 is 8.42 Å². The van der Waals surface area contributed by atoms with Gasteiger partial charge in [0.05, 0.1) is 0 Å². The number of thiazole rings is 1. The van der Waals surface area contributed by atoms with Gasteiger partial charge in [0.1, 0.15) is 0 Å². The highest BCUT2D eigenvalue weighted by Gasteiger charge is 2.19. The summed E-state index contributed by atoms with van der Waals surface area (Å²) in [6, 6.07) is 0. The number of aromatic amines is 1. The monoisotopic (exact) mass is 248 g/mol. The Morgan fingerprint density at radius 2 is 2.20 bits per heavy atom. The molecule has 1 rings (SSSR count). The van der Waals surface area contributed by atoms with Crippen molar-refractivity contribution in [2.75, 3.05) is 6.54 Å². The van der Waals surface area contributed by atoms with Gasteiger partial charge in [0.15, 0.2) is 4.21 Å². The maximum absolute atomic E-state index is 11.7. The largest absolute Gasteiger partial charge is 0.315 e. The van der Waals surface area contributed by atoms with Crippen LogP contribution in [0, 0.1) is 6.92 Å². The van der Waals surface area contributed by atoms with E-state index in [4.69, 9.17) is 0 Å². The Bertz CT molecular complexity index is 524. The molecule has 0 fully saturated rings. The number of aromatic nitrogens is 1. The molecular weight excluding hydrogens is 236 g/mol. The van der Waals surface area contributed by atoms with E-state index in [0.717, 1.165) is 0 Å². The molecule has 0 spiro atoms. The highest BCUT2D eigenvalue weighted by molar-refractivity contribution is 7.91. The molecule has 2 N–H and O–H groups in total. The van der Waals surface area contributed by atoms with Crippen LogP contribution in [0.5, 0.6) is 0 Å². The molecule has 0 unspecified atom stereocenters. The van der Waals surface area contributed by atoms with E-state index in [1.165, 1.54) is 0 Å². The molecule has 0 aliphatic rings. The van der Waals surface area contributed by atoms with Crippen LogP contribution in [-0.4, -0.2) is 19.9 Å². The van der Waals surface area contributed by atoms with Crippen LogP contribution in [0.15, 0.2) is 21.2 Å². The molecule has 0 amide bonds. The molecule has 1 heterocycles. The predicted molar refractivity (Wildman–Crippen MR) is 59.7 cm³/mol. The zero-order valence-electron chi connectivity index (χ0n) is 8.46. The molecular formula is C8H12N2O3S2. The summed E-state index contributed by atoms with van der Waals surface area (Å²) >= 11 is 0.682. The summed E-state index contributed by atoms with van der Waals surface area (Å²) in [6.07, 6.45) is 0. The van der Waals surface area contributed by atoms with E-state index < -0.39 is 10.0 Å². The number of hydrogen-bond acceptors (Lipinski definition) is 4. The molecule has 0 aliphatic heterocycles. The third kappa shape index (κ3) is 3.01. The molecule has 0 bridgehead atoms. The van der Waals surface area contributed by atoms with Crippen molar-refractivity contribution in [1.82, 2.24) is 9.71 Å². The quantitative estimate of drug-likeness (QED) is 0.766. The van der Waals surface area contributed by atoms with Crippen LogP contribution >= 0.6 is 11.3 Å². The molecule has 1 aromatic rings. The van der Waals surface area contributed by atoms with Gasteiger partial charge in [-0.3, -0.25) is 4.79 Å². The summed E-state index contributed by atoms with van der Waals surface area (Å²) in [5, 5.41) is 0. The van der Waals surface area contributed by atoms with E-state index in [-0.39, 0.29) is 15.6 Å². The van der Waals surface area contributed by atoms with Crippen LogP contribution in [0.1, 0.15) is 12.6 Å². The lowest BCUT2D eigenvalue weighted by molar-refractivity contribution is 0.586. The summed E-state index contributed by atoms with van der Waals surface area (Å²) < 4.78 is 25.7. The molecule has 15 heavy (non-hydrogen) atoms. The minimum Gasteiger partial charge on any atom is -0.315 e. The fraction of sp³-hybridized carbons (Fsp3) is 0.375. The second-order valence-electron chi connectivity index (χ2n) is 3.21. The Labute approximate surface area is 91.9 Å². The summed E-state index contributed by atoms with van der Waals surface area (Å²) in [5.74, 6) is 0. The Kier molecular flexibility index (Phi) is 3.48. The van der Waals surface area contributed by atoms with Crippen molar-refractivity contribution in [2.24, 2.45) is 0 Å². The van der Waals surface area contributed by atoms with Gasteiger partial charge in [-0.1, -0.05) is 23.5 Å². The van der Waals surface area contributed by atoms with E-state index in [0.29, 0.717) is 22.6 Å². The average Bonchev–Trinajstić information content (AvgIpc) is 2.43. The van der Waals surface area contributed by atoms with Crippen molar-refractivity contribution in [3.8, 4) is 0 Å². The first kappa shape index (κ1) is 12.2. The number of H-pyrrole nitrogens is 1. The number of sulfonamides is 1. The molecule has 0 aliphatic carbocycles. The van der Waals surface area contributed by atoms with Crippen molar-refractivity contribution in [1.29, 1.82) is 0 Å². The van der Waals surface area contributed by atoms with Crippen LogP contribution < -0.4 is 9.60 Å². The second-order valence-corrected chi connectivity index (χ2v) is 6.15. The number of hydrogen-bond donors (Lipinski definition) is 2. The maximum atomic E-state index is 11.7. The summed E-state index contributed by atoms with van der Waals surface area (Å²) in [6.45, 7) is 7.03. The lowest BCUT2D eigenvalue weighted by Crippen LogP contribution is -2.25. The van der Waals surface area contributed by atoms with Crippen molar-refractivity contribution >= 4 is 21.4 Å². The molecule has 0 saturated carbocycles. The lowest BCUT2D eigenvalue weighted by Gasteiger charge is -2.04. The van der Waals surface area contributed by atoms with Crippen molar-refractivity contribution in [3.05, 3.63) is 27.5 Å². The van der Waals surface area contributed by atoms with Gasteiger partial charge in [-0.25, -0.2) is 13.1 Å². The van der Waals surface area contributed by atoms with Crippen LogP contribution in [-0.2, 0) is 10.0 Å². The molecule has 0 atom stereocenters. The molecule has 5 nitrogen and oxygen atoms in total. The van der Waals surface area contributed by atoms with Gasteiger partial charge in [0.2, 0.25) is 0 Å². The molecule has 0 aromatic carbocycles. The predicted octanol–water partition coefficient (Wildman–Crippen LogP) is 0.599. The summed E-state index contributed by atoms with van der Waals surface area (Å²) in [5.41, 5.74) is 1.07. The van der Waals surface area contributed by atoms with E-state index in [1.807, 2.05) is 0 Å². The third-order valence-electron chi connectivity index (χ3n) is 1.59. The Morgan fingerprint density at radius 1 is 1.60 bits per heavy atom. The van der Waals surface area contributed by atoms with E-state index in [2.05, 4.69) is 16.3 Å². The Hall–Kier alpha value is -0.920. The van der Waals surface area contributed by atoms with Gasteiger partial charge >= 0.3 is 4.87 Å².